The zero-order chi connectivity index (χ0) is 13.8. The van der Waals surface area contributed by atoms with Gasteiger partial charge in [-0.3, -0.25) is 9.59 Å². The Kier molecular flexibility index (Phi) is 4.80. The van der Waals surface area contributed by atoms with Crippen LogP contribution in [0.5, 0.6) is 0 Å². The summed E-state index contributed by atoms with van der Waals surface area (Å²) in [5, 5.41) is 8.74. The maximum atomic E-state index is 12.3. The number of nitrogens with zero attached hydrogens (tertiary/aromatic N) is 1. The second-order valence-corrected chi connectivity index (χ2v) is 5.93. The molecule has 1 unspecified atom stereocenters. The molecule has 1 atom stereocenters. The van der Waals surface area contributed by atoms with Gasteiger partial charge in [0.05, 0.1) is 12.5 Å². The Bertz CT molecular complexity index is 336. The van der Waals surface area contributed by atoms with Crippen LogP contribution in [0, 0.1) is 5.92 Å². The molecule has 2 fully saturated rings. The maximum absolute atomic E-state index is 12.3. The van der Waals surface area contributed by atoms with Crippen molar-refractivity contribution < 1.29 is 14.7 Å². The lowest BCUT2D eigenvalue weighted by Gasteiger charge is -2.31. The molecular weight excluding hydrogens is 244 g/mol. The summed E-state index contributed by atoms with van der Waals surface area (Å²) in [6, 6.07) is -0.573. The van der Waals surface area contributed by atoms with Crippen LogP contribution in [0.25, 0.3) is 0 Å². The number of aliphatic carboxylic acids is 1. The first-order valence-electron chi connectivity index (χ1n) is 7.35. The van der Waals surface area contributed by atoms with Gasteiger partial charge in [0, 0.05) is 12.6 Å². The van der Waals surface area contributed by atoms with Crippen molar-refractivity contribution in [2.24, 2.45) is 11.7 Å². The van der Waals surface area contributed by atoms with E-state index in [2.05, 4.69) is 0 Å². The molecule has 0 aromatic rings. The van der Waals surface area contributed by atoms with E-state index in [1.165, 1.54) is 32.1 Å². The number of carbonyl (C=O) groups excluding carboxylic acids is 1. The topological polar surface area (TPSA) is 83.6 Å². The Morgan fingerprint density at radius 1 is 1.16 bits per heavy atom. The third-order valence-electron chi connectivity index (χ3n) is 4.16. The van der Waals surface area contributed by atoms with E-state index in [1.54, 1.807) is 0 Å². The van der Waals surface area contributed by atoms with Crippen molar-refractivity contribution >= 4 is 11.9 Å². The van der Waals surface area contributed by atoms with Crippen LogP contribution in [0.15, 0.2) is 0 Å². The summed E-state index contributed by atoms with van der Waals surface area (Å²) in [6.07, 6.45) is 7.97. The van der Waals surface area contributed by atoms with E-state index in [0.717, 1.165) is 19.4 Å². The van der Waals surface area contributed by atoms with E-state index in [0.29, 0.717) is 12.0 Å². The van der Waals surface area contributed by atoms with Crippen LogP contribution < -0.4 is 5.73 Å². The van der Waals surface area contributed by atoms with E-state index >= 15 is 0 Å². The molecule has 0 aromatic carbocycles. The largest absolute Gasteiger partial charge is 0.481 e. The van der Waals surface area contributed by atoms with Crippen LogP contribution in [0.4, 0.5) is 0 Å². The average Bonchev–Trinajstić information content (AvgIpc) is 3.20. The lowest BCUT2D eigenvalue weighted by atomic mass is 9.88. The summed E-state index contributed by atoms with van der Waals surface area (Å²) >= 11 is 0. The van der Waals surface area contributed by atoms with Gasteiger partial charge in [-0.2, -0.15) is 0 Å². The van der Waals surface area contributed by atoms with Crippen molar-refractivity contribution in [3.63, 3.8) is 0 Å². The summed E-state index contributed by atoms with van der Waals surface area (Å²) in [5.74, 6) is -0.597. The predicted molar refractivity (Wildman–Crippen MR) is 71.5 cm³/mol. The molecular formula is C14H24N2O3. The molecule has 2 rings (SSSR count). The molecule has 0 bridgehead atoms. The van der Waals surface area contributed by atoms with Gasteiger partial charge in [0.1, 0.15) is 0 Å². The summed E-state index contributed by atoms with van der Waals surface area (Å²) < 4.78 is 0. The predicted octanol–water partition coefficient (Wildman–Crippen LogP) is 1.36. The second kappa shape index (κ2) is 6.37. The van der Waals surface area contributed by atoms with Crippen LogP contribution >= 0.6 is 0 Å². The number of amides is 1. The first-order valence-corrected chi connectivity index (χ1v) is 7.35. The Hall–Kier alpha value is -1.10. The first kappa shape index (κ1) is 14.3. The number of carboxylic acids is 1. The molecule has 0 saturated heterocycles. The van der Waals surface area contributed by atoms with Gasteiger partial charge >= 0.3 is 5.97 Å². The Labute approximate surface area is 114 Å². The highest BCUT2D eigenvalue weighted by Crippen LogP contribution is 2.31. The van der Waals surface area contributed by atoms with Crippen LogP contribution in [0.1, 0.15) is 51.4 Å². The molecule has 2 aliphatic rings. The van der Waals surface area contributed by atoms with Crippen molar-refractivity contribution in [2.45, 2.75) is 63.5 Å². The minimum Gasteiger partial charge on any atom is -0.481 e. The maximum Gasteiger partial charge on any atom is 0.305 e. The molecule has 0 aromatic heterocycles. The quantitative estimate of drug-likeness (QED) is 0.762. The highest BCUT2D eigenvalue weighted by atomic mass is 16.4. The number of nitrogens with two attached hydrogens (primary N) is 1. The summed E-state index contributed by atoms with van der Waals surface area (Å²) in [6.45, 7) is 0.775. The van der Waals surface area contributed by atoms with Crippen molar-refractivity contribution in [2.75, 3.05) is 6.54 Å². The minimum atomic E-state index is -1.01. The lowest BCUT2D eigenvalue weighted by Crippen LogP contribution is -2.47. The minimum absolute atomic E-state index is 0.171. The van der Waals surface area contributed by atoms with Crippen LogP contribution in [-0.2, 0) is 9.59 Å². The number of carbonyl (C=O) groups is 2. The van der Waals surface area contributed by atoms with Crippen molar-refractivity contribution in [1.29, 1.82) is 0 Å². The molecule has 108 valence electrons. The van der Waals surface area contributed by atoms with E-state index in [1.807, 2.05) is 4.90 Å². The summed E-state index contributed by atoms with van der Waals surface area (Å²) in [4.78, 5) is 24.8. The molecule has 0 spiro atoms. The molecule has 2 aliphatic carbocycles. The SMILES string of the molecule is NC(CC(=O)O)C(=O)N(CC1CCCCC1)C1CC1. The lowest BCUT2D eigenvalue weighted by molar-refractivity contribution is -0.142. The third kappa shape index (κ3) is 4.20. The van der Waals surface area contributed by atoms with Gasteiger partial charge in [-0.05, 0) is 31.6 Å². The molecule has 0 aliphatic heterocycles. The van der Waals surface area contributed by atoms with Gasteiger partial charge in [0.25, 0.3) is 0 Å². The molecule has 3 N–H and O–H groups in total. The molecule has 19 heavy (non-hydrogen) atoms. The number of rotatable bonds is 6. The third-order valence-corrected chi connectivity index (χ3v) is 4.16. The van der Waals surface area contributed by atoms with E-state index in [9.17, 15) is 9.59 Å². The second-order valence-electron chi connectivity index (χ2n) is 5.93. The molecule has 0 heterocycles. The van der Waals surface area contributed by atoms with Gasteiger partial charge in [-0.25, -0.2) is 0 Å². The van der Waals surface area contributed by atoms with Gasteiger partial charge < -0.3 is 15.7 Å². The summed E-state index contributed by atoms with van der Waals surface area (Å²) in [7, 11) is 0. The van der Waals surface area contributed by atoms with Crippen LogP contribution in [-0.4, -0.2) is 40.5 Å². The monoisotopic (exact) mass is 268 g/mol. The fourth-order valence-electron chi connectivity index (χ4n) is 2.94. The normalized spacial score (nSPS) is 21.9. The fraction of sp³-hybridized carbons (Fsp3) is 0.857. The van der Waals surface area contributed by atoms with Gasteiger partial charge in [-0.15, -0.1) is 0 Å². The molecule has 0 radical (unpaired) electrons. The number of hydrogen-bond donors (Lipinski definition) is 2. The number of carboxylic acid groups (broad SMARTS) is 1. The van der Waals surface area contributed by atoms with Crippen LogP contribution in [0.3, 0.4) is 0 Å². The van der Waals surface area contributed by atoms with Gasteiger partial charge in [0.2, 0.25) is 5.91 Å². The van der Waals surface area contributed by atoms with E-state index < -0.39 is 12.0 Å². The van der Waals surface area contributed by atoms with E-state index in [-0.39, 0.29) is 12.3 Å². The van der Waals surface area contributed by atoms with Gasteiger partial charge in [0.15, 0.2) is 0 Å². The van der Waals surface area contributed by atoms with Crippen LogP contribution in [0.2, 0.25) is 0 Å². The molecule has 5 heteroatoms. The Morgan fingerprint density at radius 2 is 1.79 bits per heavy atom. The van der Waals surface area contributed by atoms with Gasteiger partial charge in [-0.1, -0.05) is 19.3 Å². The van der Waals surface area contributed by atoms with Crippen molar-refractivity contribution in [3.8, 4) is 0 Å². The molecule has 5 nitrogen and oxygen atoms in total. The van der Waals surface area contributed by atoms with Crippen molar-refractivity contribution in [1.82, 2.24) is 4.90 Å². The van der Waals surface area contributed by atoms with E-state index in [4.69, 9.17) is 10.8 Å². The Balaban J connectivity index is 1.90. The first-order chi connectivity index (χ1) is 9.08. The Morgan fingerprint density at radius 3 is 2.32 bits per heavy atom. The smallest absolute Gasteiger partial charge is 0.305 e. The molecule has 1 amide bonds. The highest BCUT2D eigenvalue weighted by Gasteiger charge is 2.36. The zero-order valence-corrected chi connectivity index (χ0v) is 11.4. The molecule has 2 saturated carbocycles. The standard InChI is InChI=1S/C14H24N2O3/c15-12(8-13(17)18)14(19)16(11-6-7-11)9-10-4-2-1-3-5-10/h10-12H,1-9,15H2,(H,17,18). The zero-order valence-electron chi connectivity index (χ0n) is 11.4. The fourth-order valence-corrected chi connectivity index (χ4v) is 2.94. The average molecular weight is 268 g/mol. The van der Waals surface area contributed by atoms with Crippen molar-refractivity contribution in [3.05, 3.63) is 0 Å². The summed E-state index contributed by atoms with van der Waals surface area (Å²) in [5.41, 5.74) is 5.72. The highest BCUT2D eigenvalue weighted by molar-refractivity contribution is 5.86. The number of hydrogen-bond acceptors (Lipinski definition) is 3.